The molecule has 2 aromatic rings. The van der Waals surface area contributed by atoms with Crippen molar-refractivity contribution in [3.8, 4) is 0 Å². The highest BCUT2D eigenvalue weighted by molar-refractivity contribution is 5.77. The van der Waals surface area contributed by atoms with Crippen molar-refractivity contribution in [2.24, 2.45) is 12.8 Å². The van der Waals surface area contributed by atoms with Crippen LogP contribution in [-0.4, -0.2) is 39.7 Å². The Morgan fingerprint density at radius 2 is 2.04 bits per heavy atom. The molecule has 25 heavy (non-hydrogen) atoms. The number of aryl methyl sites for hydroxylation is 2. The quantitative estimate of drug-likeness (QED) is 0.910. The molecule has 3 atom stereocenters. The monoisotopic (exact) mass is 340 g/mol. The van der Waals surface area contributed by atoms with Gasteiger partial charge in [-0.25, -0.2) is 0 Å². The summed E-state index contributed by atoms with van der Waals surface area (Å²) >= 11 is 0. The summed E-state index contributed by atoms with van der Waals surface area (Å²) in [5.74, 6) is 0.646. The number of nitrogens with two attached hydrogens (primary N) is 1. The molecule has 0 aliphatic carbocycles. The molecule has 0 spiro atoms. The minimum Gasteiger partial charge on any atom is -0.340 e. The number of nitrogens with zero attached hydrogens (tertiary/aromatic N) is 3. The number of rotatable bonds is 5. The molecule has 0 radical (unpaired) electrons. The predicted octanol–water partition coefficient (Wildman–Crippen LogP) is 2.57. The van der Waals surface area contributed by atoms with Crippen LogP contribution in [0.15, 0.2) is 36.7 Å². The lowest BCUT2D eigenvalue weighted by atomic mass is 9.92. The Morgan fingerprint density at radius 1 is 1.32 bits per heavy atom. The van der Waals surface area contributed by atoms with E-state index in [1.54, 1.807) is 4.68 Å². The van der Waals surface area contributed by atoms with E-state index in [9.17, 15) is 4.79 Å². The van der Waals surface area contributed by atoms with E-state index in [1.807, 2.05) is 24.3 Å². The summed E-state index contributed by atoms with van der Waals surface area (Å²) in [4.78, 5) is 14.8. The summed E-state index contributed by atoms with van der Waals surface area (Å²) in [5, 5.41) is 4.23. The Labute approximate surface area is 149 Å². The van der Waals surface area contributed by atoms with Crippen LogP contribution in [0, 0.1) is 6.92 Å². The zero-order chi connectivity index (χ0) is 18.0. The standard InChI is InChI=1S/C20H28N4O/c1-4-15(16-7-5-14(2)6-8-16)9-20(25)24-12-18(19(21)13-24)17-10-22-23(3)11-17/h5-8,10-11,15,18-19H,4,9,12-13,21H2,1-3H3/t15?,18-,19+/m0/s1. The summed E-state index contributed by atoms with van der Waals surface area (Å²) in [6.07, 6.45) is 5.37. The molecule has 1 amide bonds. The van der Waals surface area contributed by atoms with Gasteiger partial charge in [0.1, 0.15) is 0 Å². The molecule has 1 aliphatic rings. The van der Waals surface area contributed by atoms with Crippen molar-refractivity contribution in [2.45, 2.75) is 44.6 Å². The van der Waals surface area contributed by atoms with E-state index in [1.165, 1.54) is 11.1 Å². The number of carbonyl (C=O) groups is 1. The molecule has 0 bridgehead atoms. The molecule has 2 N–H and O–H groups in total. The maximum absolute atomic E-state index is 12.8. The molecule has 1 saturated heterocycles. The first kappa shape index (κ1) is 17.7. The lowest BCUT2D eigenvalue weighted by Gasteiger charge is -2.21. The zero-order valence-corrected chi connectivity index (χ0v) is 15.4. The van der Waals surface area contributed by atoms with E-state index >= 15 is 0 Å². The van der Waals surface area contributed by atoms with Gasteiger partial charge in [-0.05, 0) is 30.4 Å². The van der Waals surface area contributed by atoms with Crippen molar-refractivity contribution >= 4 is 5.91 Å². The van der Waals surface area contributed by atoms with Gasteiger partial charge in [0.15, 0.2) is 0 Å². The first-order chi connectivity index (χ1) is 12.0. The third-order valence-corrected chi connectivity index (χ3v) is 5.33. The van der Waals surface area contributed by atoms with Crippen molar-refractivity contribution in [2.75, 3.05) is 13.1 Å². The van der Waals surface area contributed by atoms with Crippen molar-refractivity contribution in [3.63, 3.8) is 0 Å². The highest BCUT2D eigenvalue weighted by atomic mass is 16.2. The summed E-state index contributed by atoms with van der Waals surface area (Å²) < 4.78 is 1.79. The number of likely N-dealkylation sites (tertiary alicyclic amines) is 1. The molecule has 5 nitrogen and oxygen atoms in total. The Morgan fingerprint density at radius 3 is 2.64 bits per heavy atom. The van der Waals surface area contributed by atoms with Gasteiger partial charge >= 0.3 is 0 Å². The van der Waals surface area contributed by atoms with Crippen molar-refractivity contribution in [1.29, 1.82) is 0 Å². The van der Waals surface area contributed by atoms with Gasteiger partial charge in [-0.3, -0.25) is 9.48 Å². The largest absolute Gasteiger partial charge is 0.340 e. The van der Waals surface area contributed by atoms with Crippen LogP contribution in [0.5, 0.6) is 0 Å². The minimum atomic E-state index is -0.0207. The lowest BCUT2D eigenvalue weighted by Crippen LogP contribution is -2.32. The van der Waals surface area contributed by atoms with E-state index in [0.717, 1.165) is 12.0 Å². The second-order valence-electron chi connectivity index (χ2n) is 7.24. The average Bonchev–Trinajstić information content (AvgIpc) is 3.19. The van der Waals surface area contributed by atoms with E-state index in [4.69, 9.17) is 5.73 Å². The third kappa shape index (κ3) is 3.93. The number of benzene rings is 1. The van der Waals surface area contributed by atoms with Crippen LogP contribution in [0.1, 0.15) is 48.3 Å². The van der Waals surface area contributed by atoms with E-state index in [2.05, 4.69) is 43.2 Å². The van der Waals surface area contributed by atoms with E-state index < -0.39 is 0 Å². The van der Waals surface area contributed by atoms with Crippen molar-refractivity contribution in [3.05, 3.63) is 53.3 Å². The normalized spacial score (nSPS) is 21.5. The van der Waals surface area contributed by atoms with Gasteiger partial charge in [0, 0.05) is 44.7 Å². The second-order valence-corrected chi connectivity index (χ2v) is 7.24. The molecule has 1 aliphatic heterocycles. The van der Waals surface area contributed by atoms with Crippen LogP contribution in [0.25, 0.3) is 0 Å². The minimum absolute atomic E-state index is 0.0207. The summed E-state index contributed by atoms with van der Waals surface area (Å²) in [6.45, 7) is 5.55. The molecule has 0 saturated carbocycles. The van der Waals surface area contributed by atoms with Gasteiger partial charge in [0.05, 0.1) is 6.20 Å². The fraction of sp³-hybridized carbons (Fsp3) is 0.500. The molecule has 3 rings (SSSR count). The number of carbonyl (C=O) groups excluding carboxylic acids is 1. The maximum Gasteiger partial charge on any atom is 0.223 e. The average molecular weight is 340 g/mol. The fourth-order valence-corrected chi connectivity index (χ4v) is 3.69. The SMILES string of the molecule is CCC(CC(=O)N1C[C@@H](N)[C@H](c2cnn(C)c2)C1)c1ccc(C)cc1. The van der Waals surface area contributed by atoms with Crippen LogP contribution in [0.2, 0.25) is 0 Å². The van der Waals surface area contributed by atoms with Gasteiger partial charge in [-0.2, -0.15) is 5.10 Å². The molecular weight excluding hydrogens is 312 g/mol. The van der Waals surface area contributed by atoms with Gasteiger partial charge in [-0.1, -0.05) is 36.8 Å². The maximum atomic E-state index is 12.8. The van der Waals surface area contributed by atoms with Gasteiger partial charge in [-0.15, -0.1) is 0 Å². The topological polar surface area (TPSA) is 64.2 Å². The summed E-state index contributed by atoms with van der Waals surface area (Å²) in [7, 11) is 1.90. The summed E-state index contributed by atoms with van der Waals surface area (Å²) in [5.41, 5.74) is 9.92. The molecular formula is C20H28N4O. The first-order valence-electron chi connectivity index (χ1n) is 9.06. The predicted molar refractivity (Wildman–Crippen MR) is 99.3 cm³/mol. The Balaban J connectivity index is 1.65. The highest BCUT2D eigenvalue weighted by Gasteiger charge is 2.35. The molecule has 2 heterocycles. The van der Waals surface area contributed by atoms with Crippen LogP contribution in [0.3, 0.4) is 0 Å². The van der Waals surface area contributed by atoms with Gasteiger partial charge in [0.2, 0.25) is 5.91 Å². The Hall–Kier alpha value is -2.14. The van der Waals surface area contributed by atoms with Crippen molar-refractivity contribution in [1.82, 2.24) is 14.7 Å². The number of hydrogen-bond acceptors (Lipinski definition) is 3. The molecule has 1 fully saturated rings. The van der Waals surface area contributed by atoms with E-state index in [-0.39, 0.29) is 23.8 Å². The number of aromatic nitrogens is 2. The van der Waals surface area contributed by atoms with Crippen LogP contribution >= 0.6 is 0 Å². The lowest BCUT2D eigenvalue weighted by molar-refractivity contribution is -0.130. The Bertz CT molecular complexity index is 722. The van der Waals surface area contributed by atoms with Gasteiger partial charge < -0.3 is 10.6 Å². The molecule has 5 heteroatoms. The van der Waals surface area contributed by atoms with Crippen LogP contribution in [0.4, 0.5) is 0 Å². The smallest absolute Gasteiger partial charge is 0.223 e. The zero-order valence-electron chi connectivity index (χ0n) is 15.4. The van der Waals surface area contributed by atoms with Gasteiger partial charge in [0.25, 0.3) is 0 Å². The highest BCUT2D eigenvalue weighted by Crippen LogP contribution is 2.29. The molecule has 1 aromatic heterocycles. The fourth-order valence-electron chi connectivity index (χ4n) is 3.69. The molecule has 134 valence electrons. The third-order valence-electron chi connectivity index (χ3n) is 5.33. The number of hydrogen-bond donors (Lipinski definition) is 1. The summed E-state index contributed by atoms with van der Waals surface area (Å²) in [6, 6.07) is 8.50. The first-order valence-corrected chi connectivity index (χ1v) is 9.06. The number of amides is 1. The molecule has 1 unspecified atom stereocenters. The van der Waals surface area contributed by atoms with E-state index in [0.29, 0.717) is 19.5 Å². The van der Waals surface area contributed by atoms with Crippen LogP contribution in [-0.2, 0) is 11.8 Å². The van der Waals surface area contributed by atoms with Crippen molar-refractivity contribution < 1.29 is 4.79 Å². The second kappa shape index (κ2) is 7.40. The molecule has 1 aromatic carbocycles. The van der Waals surface area contributed by atoms with Crippen LogP contribution < -0.4 is 5.73 Å². The Kier molecular flexibility index (Phi) is 5.23.